The Morgan fingerprint density at radius 1 is 0.800 bits per heavy atom. The number of pyridine rings is 1. The number of nitrogens with zero attached hydrogens (tertiary/aromatic N) is 5. The van der Waals surface area contributed by atoms with E-state index >= 15 is 0 Å². The second-order valence-corrected chi connectivity index (χ2v) is 7.54. The van der Waals surface area contributed by atoms with E-state index in [0.717, 1.165) is 45.1 Å². The first-order chi connectivity index (χ1) is 14.5. The van der Waals surface area contributed by atoms with Crippen molar-refractivity contribution in [2.24, 2.45) is 0 Å². The molecule has 2 aromatic carbocycles. The Kier molecular flexibility index (Phi) is 4.13. The van der Waals surface area contributed by atoms with E-state index in [9.17, 15) is 4.79 Å². The van der Waals surface area contributed by atoms with Crippen LogP contribution in [-0.2, 0) is 0 Å². The molecule has 6 nitrogen and oxygen atoms in total. The molecule has 6 heteroatoms. The van der Waals surface area contributed by atoms with Gasteiger partial charge < -0.3 is 0 Å². The van der Waals surface area contributed by atoms with Crippen LogP contribution in [0.25, 0.3) is 28.3 Å². The lowest BCUT2D eigenvalue weighted by Gasteiger charge is -2.09. The Morgan fingerprint density at radius 2 is 1.60 bits per heavy atom. The monoisotopic (exact) mass is 395 g/mol. The summed E-state index contributed by atoms with van der Waals surface area (Å²) < 4.78 is 5.27. The summed E-state index contributed by atoms with van der Waals surface area (Å²) in [4.78, 5) is 17.9. The fourth-order valence-electron chi connectivity index (χ4n) is 3.91. The Labute approximate surface area is 173 Å². The van der Waals surface area contributed by atoms with Crippen LogP contribution in [0.15, 0.2) is 78.0 Å². The summed E-state index contributed by atoms with van der Waals surface area (Å²) >= 11 is 0. The zero-order valence-corrected chi connectivity index (χ0v) is 17.1. The van der Waals surface area contributed by atoms with Gasteiger partial charge in [-0.2, -0.15) is 5.10 Å². The third-order valence-corrected chi connectivity index (χ3v) is 5.38. The second-order valence-electron chi connectivity index (χ2n) is 7.54. The summed E-state index contributed by atoms with van der Waals surface area (Å²) in [6.07, 6.45) is 3.44. The molecule has 5 aromatic rings. The van der Waals surface area contributed by atoms with Crippen molar-refractivity contribution < 1.29 is 0 Å². The molecule has 0 radical (unpaired) electrons. The number of aromatic nitrogens is 5. The average Bonchev–Trinajstić information content (AvgIpc) is 3.30. The molecule has 0 saturated heterocycles. The maximum atomic E-state index is 13.7. The topological polar surface area (TPSA) is 57.1 Å². The van der Waals surface area contributed by atoms with Gasteiger partial charge in [0, 0.05) is 17.5 Å². The minimum atomic E-state index is -0.101. The first kappa shape index (κ1) is 18.1. The van der Waals surface area contributed by atoms with E-state index < -0.39 is 0 Å². The summed E-state index contributed by atoms with van der Waals surface area (Å²) in [6.45, 7) is 6.05. The number of hydrogen-bond donors (Lipinski definition) is 0. The van der Waals surface area contributed by atoms with Crippen molar-refractivity contribution in [2.45, 2.75) is 20.8 Å². The molecule has 0 atom stereocenters. The molecule has 0 aliphatic heterocycles. The van der Waals surface area contributed by atoms with E-state index in [2.05, 4.69) is 10.1 Å². The third kappa shape index (κ3) is 2.85. The van der Waals surface area contributed by atoms with E-state index in [1.165, 1.54) is 6.33 Å². The van der Waals surface area contributed by atoms with Crippen molar-refractivity contribution in [1.29, 1.82) is 0 Å². The summed E-state index contributed by atoms with van der Waals surface area (Å²) in [6, 6.07) is 19.9. The van der Waals surface area contributed by atoms with Crippen LogP contribution in [0, 0.1) is 20.8 Å². The highest BCUT2D eigenvalue weighted by atomic mass is 16.1. The number of aryl methyl sites for hydroxylation is 2. The first-order valence-electron chi connectivity index (χ1n) is 9.81. The van der Waals surface area contributed by atoms with Gasteiger partial charge in [0.25, 0.3) is 0 Å². The summed E-state index contributed by atoms with van der Waals surface area (Å²) in [5.74, 6) is 0. The minimum Gasteiger partial charge on any atom is -0.264 e. The normalized spacial score (nSPS) is 11.3. The van der Waals surface area contributed by atoms with Crippen molar-refractivity contribution in [3.63, 3.8) is 0 Å². The molecule has 0 spiro atoms. The minimum absolute atomic E-state index is 0.101. The van der Waals surface area contributed by atoms with Crippen LogP contribution >= 0.6 is 0 Å². The summed E-state index contributed by atoms with van der Waals surface area (Å²) in [7, 11) is 0. The van der Waals surface area contributed by atoms with Crippen molar-refractivity contribution >= 4 is 5.65 Å². The van der Waals surface area contributed by atoms with Crippen molar-refractivity contribution in [3.8, 4) is 22.6 Å². The predicted molar refractivity (Wildman–Crippen MR) is 118 cm³/mol. The molecule has 0 saturated carbocycles. The molecule has 3 aromatic heterocycles. The van der Waals surface area contributed by atoms with E-state index in [1.54, 1.807) is 13.6 Å². The Hall–Kier alpha value is -3.93. The molecule has 0 aliphatic rings. The molecule has 0 amide bonds. The number of fused-ring (bicyclic) bond motifs is 1. The molecule has 0 bridgehead atoms. The maximum absolute atomic E-state index is 13.7. The lowest BCUT2D eigenvalue weighted by Crippen LogP contribution is -2.23. The Morgan fingerprint density at radius 3 is 2.37 bits per heavy atom. The highest BCUT2D eigenvalue weighted by Gasteiger charge is 2.21. The van der Waals surface area contributed by atoms with Gasteiger partial charge in [0.2, 0.25) is 0 Å². The van der Waals surface area contributed by atoms with E-state index in [1.807, 2.05) is 87.6 Å². The Bertz CT molecular complexity index is 1440. The molecule has 0 aliphatic carbocycles. The number of rotatable bonds is 3. The van der Waals surface area contributed by atoms with Gasteiger partial charge in [-0.3, -0.25) is 9.13 Å². The largest absolute Gasteiger partial charge is 0.338 e. The zero-order valence-electron chi connectivity index (χ0n) is 17.1. The highest BCUT2D eigenvalue weighted by molar-refractivity contribution is 5.67. The van der Waals surface area contributed by atoms with Gasteiger partial charge in [-0.15, -0.1) is 0 Å². The first-order valence-corrected chi connectivity index (χ1v) is 9.81. The van der Waals surface area contributed by atoms with Gasteiger partial charge in [0.1, 0.15) is 6.33 Å². The highest BCUT2D eigenvalue weighted by Crippen LogP contribution is 2.28. The van der Waals surface area contributed by atoms with Gasteiger partial charge in [0.05, 0.1) is 17.1 Å². The lowest BCUT2D eigenvalue weighted by molar-refractivity contribution is 0.895. The van der Waals surface area contributed by atoms with E-state index in [-0.39, 0.29) is 5.69 Å². The molecule has 5 rings (SSSR count). The van der Waals surface area contributed by atoms with Crippen LogP contribution in [0.3, 0.4) is 0 Å². The standard InChI is InChI=1S/C24H21N5O/c1-16-7-10-20(11-8-16)28-18(3)23(19-9-12-22-25-15-26-27(22)14-19)29(24(28)30)21-6-4-5-17(2)13-21/h4-15H,1-3H3. The van der Waals surface area contributed by atoms with Crippen LogP contribution in [0.1, 0.15) is 16.8 Å². The molecule has 148 valence electrons. The third-order valence-electron chi connectivity index (χ3n) is 5.38. The van der Waals surface area contributed by atoms with Gasteiger partial charge in [-0.05, 0) is 62.7 Å². The van der Waals surface area contributed by atoms with Crippen LogP contribution in [-0.4, -0.2) is 23.7 Å². The Balaban J connectivity index is 1.84. The van der Waals surface area contributed by atoms with Crippen molar-refractivity contribution in [1.82, 2.24) is 23.7 Å². The maximum Gasteiger partial charge on any atom is 0.338 e. The van der Waals surface area contributed by atoms with Crippen molar-refractivity contribution in [2.75, 3.05) is 0 Å². The average molecular weight is 395 g/mol. The van der Waals surface area contributed by atoms with Gasteiger partial charge >= 0.3 is 5.69 Å². The van der Waals surface area contributed by atoms with Gasteiger partial charge in [-0.25, -0.2) is 14.3 Å². The molecular formula is C24H21N5O. The number of benzene rings is 2. The van der Waals surface area contributed by atoms with Crippen molar-refractivity contribution in [3.05, 3.63) is 100 Å². The molecule has 30 heavy (non-hydrogen) atoms. The van der Waals surface area contributed by atoms with Crippen LogP contribution in [0.5, 0.6) is 0 Å². The number of imidazole rings is 1. The molecule has 3 heterocycles. The van der Waals surface area contributed by atoms with Crippen LogP contribution in [0.4, 0.5) is 0 Å². The van der Waals surface area contributed by atoms with E-state index in [4.69, 9.17) is 0 Å². The lowest BCUT2D eigenvalue weighted by atomic mass is 10.1. The zero-order chi connectivity index (χ0) is 20.8. The van der Waals surface area contributed by atoms with Gasteiger partial charge in [0.15, 0.2) is 5.65 Å². The SMILES string of the molecule is Cc1ccc(-n2c(C)c(-c3ccc4ncnn4c3)n(-c3cccc(C)c3)c2=O)cc1. The fraction of sp³-hybridized carbons (Fsp3) is 0.125. The number of hydrogen-bond acceptors (Lipinski definition) is 3. The van der Waals surface area contributed by atoms with Gasteiger partial charge in [-0.1, -0.05) is 29.8 Å². The molecule has 0 N–H and O–H groups in total. The van der Waals surface area contributed by atoms with Crippen LogP contribution in [0.2, 0.25) is 0 Å². The molecule has 0 unspecified atom stereocenters. The summed E-state index contributed by atoms with van der Waals surface area (Å²) in [5.41, 5.74) is 7.19. The fourth-order valence-corrected chi connectivity index (χ4v) is 3.91. The molecule has 0 fully saturated rings. The van der Waals surface area contributed by atoms with Crippen LogP contribution < -0.4 is 5.69 Å². The smallest absolute Gasteiger partial charge is 0.264 e. The second kappa shape index (κ2) is 6.84. The summed E-state index contributed by atoms with van der Waals surface area (Å²) in [5, 5.41) is 4.26. The molecular weight excluding hydrogens is 374 g/mol. The predicted octanol–water partition coefficient (Wildman–Crippen LogP) is 4.26. The van der Waals surface area contributed by atoms with E-state index in [0.29, 0.717) is 0 Å². The quantitative estimate of drug-likeness (QED) is 0.459.